The molecule has 2 N–H and O–H groups in total. The molecule has 0 fully saturated rings. The molecule has 156 valence electrons. The Morgan fingerprint density at radius 2 is 2.17 bits per heavy atom. The van der Waals surface area contributed by atoms with Crippen molar-refractivity contribution in [1.82, 2.24) is 25.4 Å². The van der Waals surface area contributed by atoms with E-state index in [0.717, 1.165) is 43.2 Å². The number of nitrogens with one attached hydrogen (secondary N) is 2. The van der Waals surface area contributed by atoms with Crippen LogP contribution in [0.5, 0.6) is 0 Å². The zero-order chi connectivity index (χ0) is 20.1. The number of aliphatic imine (C=N–C) groups is 1. The zero-order valence-corrected chi connectivity index (χ0v) is 18.4. The fraction of sp³-hybridized carbons (Fsp3) is 0.421. The van der Waals surface area contributed by atoms with E-state index in [0.29, 0.717) is 11.5 Å². The van der Waals surface area contributed by atoms with E-state index in [9.17, 15) is 13.2 Å². The average molecular weight is 518 g/mol. The monoisotopic (exact) mass is 518 g/mol. The van der Waals surface area contributed by atoms with Gasteiger partial charge in [-0.15, -0.1) is 24.0 Å². The van der Waals surface area contributed by atoms with Crippen LogP contribution in [-0.2, 0) is 12.7 Å². The summed E-state index contributed by atoms with van der Waals surface area (Å²) in [5.41, 5.74) is -0.392. The third-order valence-electron chi connectivity index (χ3n) is 4.28. The summed E-state index contributed by atoms with van der Waals surface area (Å²) in [4.78, 5) is 8.64. The van der Waals surface area contributed by atoms with Gasteiger partial charge in [0.15, 0.2) is 5.96 Å². The number of halogens is 4. The molecule has 1 atom stereocenters. The minimum atomic E-state index is -4.37. The van der Waals surface area contributed by atoms with Gasteiger partial charge in [-0.3, -0.25) is 4.99 Å². The number of aromatic nitrogens is 3. The second-order valence-corrected chi connectivity index (χ2v) is 6.39. The second-order valence-electron chi connectivity index (χ2n) is 6.39. The summed E-state index contributed by atoms with van der Waals surface area (Å²) in [5, 5.41) is 10.7. The first-order chi connectivity index (χ1) is 13.4. The Bertz CT molecular complexity index is 926. The molecule has 0 aliphatic carbocycles. The Morgan fingerprint density at radius 1 is 1.38 bits per heavy atom. The first-order valence-electron chi connectivity index (χ1n) is 8.91. The highest BCUT2D eigenvalue weighted by molar-refractivity contribution is 14.0. The molecule has 2 aromatic rings. The molecule has 0 spiro atoms. The molecule has 2 heterocycles. The van der Waals surface area contributed by atoms with Crippen molar-refractivity contribution in [2.75, 3.05) is 13.6 Å². The van der Waals surface area contributed by atoms with Crippen LogP contribution in [-0.4, -0.2) is 34.3 Å². The number of nitrogens with zero attached hydrogens (tertiary/aromatic N) is 4. The molecule has 3 rings (SSSR count). The van der Waals surface area contributed by atoms with Gasteiger partial charge < -0.3 is 10.6 Å². The van der Waals surface area contributed by atoms with Crippen molar-refractivity contribution in [2.45, 2.75) is 38.5 Å². The Morgan fingerprint density at radius 3 is 2.90 bits per heavy atom. The molecular weight excluding hydrogens is 496 g/mol. The first-order valence-corrected chi connectivity index (χ1v) is 8.91. The third-order valence-corrected chi connectivity index (χ3v) is 4.28. The number of alkyl halides is 3. The van der Waals surface area contributed by atoms with Crippen LogP contribution in [0.15, 0.2) is 29.3 Å². The van der Waals surface area contributed by atoms with E-state index >= 15 is 0 Å². The van der Waals surface area contributed by atoms with Crippen LogP contribution < -0.4 is 10.6 Å². The maximum absolute atomic E-state index is 12.7. The van der Waals surface area contributed by atoms with Crippen molar-refractivity contribution in [3.8, 4) is 11.8 Å². The number of fused-ring (bicyclic) bond motifs is 1. The Balaban J connectivity index is 0.00000300. The minimum Gasteiger partial charge on any atom is -0.346 e. The van der Waals surface area contributed by atoms with Gasteiger partial charge in [-0.2, -0.15) is 18.3 Å². The van der Waals surface area contributed by atoms with Crippen LogP contribution in [0.2, 0.25) is 0 Å². The molecule has 0 saturated carbocycles. The second kappa shape index (κ2) is 9.96. The number of guanidine groups is 1. The number of hydrogen-bond acceptors (Lipinski definition) is 3. The summed E-state index contributed by atoms with van der Waals surface area (Å²) in [6.45, 7) is 2.95. The Hall–Kier alpha value is -2.29. The predicted molar refractivity (Wildman–Crippen MR) is 115 cm³/mol. The molecule has 1 aliphatic heterocycles. The van der Waals surface area contributed by atoms with Gasteiger partial charge in [0.25, 0.3) is 0 Å². The van der Waals surface area contributed by atoms with Gasteiger partial charge in [0, 0.05) is 19.2 Å². The summed E-state index contributed by atoms with van der Waals surface area (Å²) in [7, 11) is 1.65. The summed E-state index contributed by atoms with van der Waals surface area (Å²) in [5.74, 6) is 7.73. The lowest BCUT2D eigenvalue weighted by atomic mass is 10.1. The molecule has 0 saturated heterocycles. The van der Waals surface area contributed by atoms with Crippen molar-refractivity contribution in [1.29, 1.82) is 0 Å². The van der Waals surface area contributed by atoms with Crippen molar-refractivity contribution < 1.29 is 13.2 Å². The largest absolute Gasteiger partial charge is 0.416 e. The molecule has 0 radical (unpaired) electrons. The van der Waals surface area contributed by atoms with Crippen LogP contribution >= 0.6 is 24.0 Å². The fourth-order valence-electron chi connectivity index (χ4n) is 3.01. The first kappa shape index (κ1) is 23.0. The topological polar surface area (TPSA) is 67.1 Å². The lowest BCUT2D eigenvalue weighted by Crippen LogP contribution is -2.41. The van der Waals surface area contributed by atoms with E-state index in [2.05, 4.69) is 37.5 Å². The highest BCUT2D eigenvalue weighted by Crippen LogP contribution is 2.29. The Labute approximate surface area is 184 Å². The van der Waals surface area contributed by atoms with Crippen LogP contribution in [0, 0.1) is 18.8 Å². The number of hydrogen-bond donors (Lipinski definition) is 2. The maximum Gasteiger partial charge on any atom is 0.416 e. The number of benzene rings is 1. The highest BCUT2D eigenvalue weighted by atomic mass is 127. The van der Waals surface area contributed by atoms with Crippen LogP contribution in [0.4, 0.5) is 13.2 Å². The average Bonchev–Trinajstić information content (AvgIpc) is 3.05. The van der Waals surface area contributed by atoms with E-state index in [-0.39, 0.29) is 36.6 Å². The van der Waals surface area contributed by atoms with E-state index in [1.54, 1.807) is 13.1 Å². The van der Waals surface area contributed by atoms with Crippen molar-refractivity contribution in [3.63, 3.8) is 0 Å². The molecule has 29 heavy (non-hydrogen) atoms. The molecule has 6 nitrogen and oxygen atoms in total. The van der Waals surface area contributed by atoms with Crippen molar-refractivity contribution in [3.05, 3.63) is 47.0 Å². The van der Waals surface area contributed by atoms with Crippen LogP contribution in [0.25, 0.3) is 0 Å². The molecule has 1 aromatic carbocycles. The normalized spacial score (nSPS) is 16.2. The van der Waals surface area contributed by atoms with E-state index < -0.39 is 11.7 Å². The van der Waals surface area contributed by atoms with Gasteiger partial charge in [0.2, 0.25) is 0 Å². The van der Waals surface area contributed by atoms with Crippen LogP contribution in [0.3, 0.4) is 0 Å². The van der Waals surface area contributed by atoms with E-state index in [1.165, 1.54) is 6.07 Å². The summed E-state index contributed by atoms with van der Waals surface area (Å²) in [6, 6.07) is 4.96. The van der Waals surface area contributed by atoms with Crippen molar-refractivity contribution >= 4 is 29.9 Å². The molecular formula is C19H22F3IN6. The van der Waals surface area contributed by atoms with Gasteiger partial charge in [-0.05, 0) is 38.0 Å². The smallest absolute Gasteiger partial charge is 0.346 e. The molecule has 1 aromatic heterocycles. The lowest BCUT2D eigenvalue weighted by molar-refractivity contribution is -0.137. The van der Waals surface area contributed by atoms with Gasteiger partial charge >= 0.3 is 6.18 Å². The maximum atomic E-state index is 12.7. The summed E-state index contributed by atoms with van der Waals surface area (Å²) in [6.07, 6.45) is -2.48. The molecule has 0 bridgehead atoms. The SMILES string of the molecule is CN=C(NCC#Cc1cccc(C(F)(F)F)c1)NC1CCCn2nc(C)nc21.I. The van der Waals surface area contributed by atoms with Gasteiger partial charge in [-0.1, -0.05) is 17.9 Å². The minimum absolute atomic E-state index is 0. The molecule has 1 unspecified atom stereocenters. The standard InChI is InChI=1S/C19H21F3N6.HI/c1-13-25-17-16(9-5-11-28(17)27-13)26-18(23-2)24-10-4-7-14-6-3-8-15(12-14)19(20,21)22;/h3,6,8,12,16H,5,9-11H2,1-2H3,(H2,23,24,26);1H. The quantitative estimate of drug-likeness (QED) is 0.277. The summed E-state index contributed by atoms with van der Waals surface area (Å²) >= 11 is 0. The fourth-order valence-corrected chi connectivity index (χ4v) is 3.01. The van der Waals surface area contributed by atoms with E-state index in [4.69, 9.17) is 0 Å². The molecule has 0 amide bonds. The van der Waals surface area contributed by atoms with E-state index in [1.807, 2.05) is 11.6 Å². The Kier molecular flexibility index (Phi) is 7.89. The molecule has 10 heteroatoms. The number of aryl methyl sites for hydroxylation is 2. The molecule has 1 aliphatic rings. The van der Waals surface area contributed by atoms with Crippen molar-refractivity contribution in [2.24, 2.45) is 4.99 Å². The predicted octanol–water partition coefficient (Wildman–Crippen LogP) is 3.27. The third kappa shape index (κ3) is 6.09. The summed E-state index contributed by atoms with van der Waals surface area (Å²) < 4.78 is 40.1. The van der Waals surface area contributed by atoms with Crippen LogP contribution in [0.1, 0.15) is 41.7 Å². The van der Waals surface area contributed by atoms with Gasteiger partial charge in [0.05, 0.1) is 18.2 Å². The zero-order valence-electron chi connectivity index (χ0n) is 16.0. The highest BCUT2D eigenvalue weighted by Gasteiger charge is 2.30. The number of rotatable bonds is 2. The van der Waals surface area contributed by atoms with Gasteiger partial charge in [0.1, 0.15) is 11.6 Å². The van der Waals surface area contributed by atoms with Gasteiger partial charge in [-0.25, -0.2) is 9.67 Å². The lowest BCUT2D eigenvalue weighted by Gasteiger charge is -2.24.